The van der Waals surface area contributed by atoms with Gasteiger partial charge in [-0.1, -0.05) is 22.4 Å². The van der Waals surface area contributed by atoms with Crippen LogP contribution in [0, 0.1) is 0 Å². The summed E-state index contributed by atoms with van der Waals surface area (Å²) in [4.78, 5) is 2.34. The van der Waals surface area contributed by atoms with Crippen LogP contribution in [-0.2, 0) is 0 Å². The van der Waals surface area contributed by atoms with Crippen molar-refractivity contribution in [1.29, 1.82) is 0 Å². The lowest BCUT2D eigenvalue weighted by atomic mass is 10.0. The monoisotopic (exact) mass is 313 g/mol. The normalized spacial score (nSPS) is 20.9. The van der Waals surface area contributed by atoms with E-state index in [4.69, 9.17) is 4.74 Å². The predicted molar refractivity (Wildman–Crippen MR) is 75.9 cm³/mol. The molecule has 1 heterocycles. The van der Waals surface area contributed by atoms with Crippen LogP contribution in [0.15, 0.2) is 28.7 Å². The summed E-state index contributed by atoms with van der Waals surface area (Å²) < 4.78 is 6.77. The van der Waals surface area contributed by atoms with E-state index in [9.17, 15) is 5.11 Å². The van der Waals surface area contributed by atoms with E-state index in [2.05, 4.69) is 20.8 Å². The molecule has 1 fully saturated rings. The van der Waals surface area contributed by atoms with Crippen LogP contribution >= 0.6 is 15.9 Å². The number of likely N-dealkylation sites (tertiary alicyclic amines) is 1. The van der Waals surface area contributed by atoms with Crippen LogP contribution in [-0.4, -0.2) is 42.4 Å². The standard InChI is InChI=1S/C14H20BrNO2/c15-12-4-6-14(7-5-12)18-10-9-16-8-2-1-3-13(16)11-17/h4-7,13,17H,1-3,8-11H2. The number of hydrogen-bond acceptors (Lipinski definition) is 3. The first-order valence-electron chi connectivity index (χ1n) is 6.53. The Kier molecular flexibility index (Phi) is 5.47. The van der Waals surface area contributed by atoms with Crippen molar-refractivity contribution in [2.75, 3.05) is 26.3 Å². The molecule has 0 saturated carbocycles. The van der Waals surface area contributed by atoms with E-state index in [1.807, 2.05) is 24.3 Å². The molecular formula is C14H20BrNO2. The van der Waals surface area contributed by atoms with Crippen molar-refractivity contribution in [1.82, 2.24) is 4.90 Å². The molecule has 0 amide bonds. The van der Waals surface area contributed by atoms with Crippen molar-refractivity contribution in [3.05, 3.63) is 28.7 Å². The number of benzene rings is 1. The smallest absolute Gasteiger partial charge is 0.119 e. The highest BCUT2D eigenvalue weighted by molar-refractivity contribution is 9.10. The average Bonchev–Trinajstić information content (AvgIpc) is 2.41. The fourth-order valence-electron chi connectivity index (χ4n) is 2.37. The number of aliphatic hydroxyl groups is 1. The molecule has 4 heteroatoms. The Morgan fingerprint density at radius 1 is 1.28 bits per heavy atom. The topological polar surface area (TPSA) is 32.7 Å². The van der Waals surface area contributed by atoms with Crippen molar-refractivity contribution in [3.8, 4) is 5.75 Å². The molecule has 1 aliphatic rings. The second-order valence-electron chi connectivity index (χ2n) is 4.67. The van der Waals surface area contributed by atoms with E-state index >= 15 is 0 Å². The molecule has 1 unspecified atom stereocenters. The van der Waals surface area contributed by atoms with Crippen molar-refractivity contribution in [2.45, 2.75) is 25.3 Å². The number of ether oxygens (including phenoxy) is 1. The number of halogens is 1. The molecule has 1 aromatic rings. The van der Waals surface area contributed by atoms with E-state index in [0.29, 0.717) is 12.6 Å². The number of rotatable bonds is 5. The van der Waals surface area contributed by atoms with Crippen molar-refractivity contribution in [3.63, 3.8) is 0 Å². The molecule has 0 aliphatic carbocycles. The van der Waals surface area contributed by atoms with Gasteiger partial charge in [0.2, 0.25) is 0 Å². The SMILES string of the molecule is OCC1CCCCN1CCOc1ccc(Br)cc1. The van der Waals surface area contributed by atoms with Crippen LogP contribution in [0.3, 0.4) is 0 Å². The van der Waals surface area contributed by atoms with E-state index < -0.39 is 0 Å². The third-order valence-electron chi connectivity index (χ3n) is 3.42. The quantitative estimate of drug-likeness (QED) is 0.907. The van der Waals surface area contributed by atoms with E-state index in [1.165, 1.54) is 12.8 Å². The lowest BCUT2D eigenvalue weighted by Crippen LogP contribution is -2.43. The highest BCUT2D eigenvalue weighted by Gasteiger charge is 2.20. The molecule has 100 valence electrons. The van der Waals surface area contributed by atoms with E-state index in [-0.39, 0.29) is 6.61 Å². The second-order valence-corrected chi connectivity index (χ2v) is 5.59. The highest BCUT2D eigenvalue weighted by atomic mass is 79.9. The van der Waals surface area contributed by atoms with Crippen LogP contribution in [0.4, 0.5) is 0 Å². The van der Waals surface area contributed by atoms with Gasteiger partial charge in [-0.25, -0.2) is 0 Å². The van der Waals surface area contributed by atoms with Crippen LogP contribution in [0.1, 0.15) is 19.3 Å². The molecule has 0 spiro atoms. The van der Waals surface area contributed by atoms with Gasteiger partial charge in [-0.15, -0.1) is 0 Å². The molecule has 1 aromatic carbocycles. The summed E-state index contributed by atoms with van der Waals surface area (Å²) >= 11 is 3.40. The minimum Gasteiger partial charge on any atom is -0.492 e. The Hall–Kier alpha value is -0.580. The van der Waals surface area contributed by atoms with E-state index in [1.54, 1.807) is 0 Å². The third-order valence-corrected chi connectivity index (χ3v) is 3.95. The van der Waals surface area contributed by atoms with Gasteiger partial charge in [-0.05, 0) is 43.7 Å². The number of aliphatic hydroxyl groups excluding tert-OH is 1. The summed E-state index contributed by atoms with van der Waals surface area (Å²) in [5, 5.41) is 9.32. The second kappa shape index (κ2) is 7.12. The zero-order valence-electron chi connectivity index (χ0n) is 10.5. The summed E-state index contributed by atoms with van der Waals surface area (Å²) in [6.07, 6.45) is 3.57. The summed E-state index contributed by atoms with van der Waals surface area (Å²) in [5.74, 6) is 0.899. The Labute approximate surface area is 117 Å². The average molecular weight is 314 g/mol. The summed E-state index contributed by atoms with van der Waals surface area (Å²) in [6.45, 7) is 2.91. The molecule has 0 bridgehead atoms. The van der Waals surface area contributed by atoms with Gasteiger partial charge in [0.15, 0.2) is 0 Å². The molecule has 1 atom stereocenters. The summed E-state index contributed by atoms with van der Waals surface area (Å²) in [5.41, 5.74) is 0. The predicted octanol–water partition coefficient (Wildman–Crippen LogP) is 2.67. The molecule has 3 nitrogen and oxygen atoms in total. The molecule has 18 heavy (non-hydrogen) atoms. The number of hydrogen-bond donors (Lipinski definition) is 1. The minimum absolute atomic E-state index is 0.262. The van der Waals surface area contributed by atoms with Gasteiger partial charge in [0.1, 0.15) is 12.4 Å². The third kappa shape index (κ3) is 3.97. The van der Waals surface area contributed by atoms with Gasteiger partial charge in [-0.2, -0.15) is 0 Å². The fraction of sp³-hybridized carbons (Fsp3) is 0.571. The van der Waals surface area contributed by atoms with Crippen molar-refractivity contribution >= 4 is 15.9 Å². The molecule has 0 radical (unpaired) electrons. The summed E-state index contributed by atoms with van der Waals surface area (Å²) in [6, 6.07) is 8.21. The van der Waals surface area contributed by atoms with Crippen LogP contribution in [0.5, 0.6) is 5.75 Å². The highest BCUT2D eigenvalue weighted by Crippen LogP contribution is 2.18. The molecular weight excluding hydrogens is 294 g/mol. The number of piperidine rings is 1. The largest absolute Gasteiger partial charge is 0.492 e. The van der Waals surface area contributed by atoms with Crippen LogP contribution < -0.4 is 4.74 Å². The Morgan fingerprint density at radius 3 is 2.78 bits per heavy atom. The van der Waals surface area contributed by atoms with Crippen molar-refractivity contribution < 1.29 is 9.84 Å². The van der Waals surface area contributed by atoms with Crippen LogP contribution in [0.25, 0.3) is 0 Å². The molecule has 1 saturated heterocycles. The maximum Gasteiger partial charge on any atom is 0.119 e. The Balaban J connectivity index is 1.75. The summed E-state index contributed by atoms with van der Waals surface area (Å²) in [7, 11) is 0. The number of nitrogens with zero attached hydrogens (tertiary/aromatic N) is 1. The maximum absolute atomic E-state index is 9.32. The van der Waals surface area contributed by atoms with E-state index in [0.717, 1.165) is 29.7 Å². The molecule has 1 aliphatic heterocycles. The minimum atomic E-state index is 0.262. The zero-order chi connectivity index (χ0) is 12.8. The lowest BCUT2D eigenvalue weighted by molar-refractivity contribution is 0.0773. The van der Waals surface area contributed by atoms with Gasteiger partial charge in [0, 0.05) is 17.1 Å². The lowest BCUT2D eigenvalue weighted by Gasteiger charge is -2.34. The first-order chi connectivity index (χ1) is 8.79. The Bertz CT molecular complexity index is 355. The van der Waals surface area contributed by atoms with Gasteiger partial charge in [0.05, 0.1) is 6.61 Å². The molecule has 2 rings (SSSR count). The molecule has 1 N–H and O–H groups in total. The Morgan fingerprint density at radius 2 is 2.06 bits per heavy atom. The zero-order valence-corrected chi connectivity index (χ0v) is 12.1. The fourth-order valence-corrected chi connectivity index (χ4v) is 2.64. The first kappa shape index (κ1) is 13.8. The van der Waals surface area contributed by atoms with Crippen molar-refractivity contribution in [2.24, 2.45) is 0 Å². The van der Waals surface area contributed by atoms with Gasteiger partial charge in [0.25, 0.3) is 0 Å². The van der Waals surface area contributed by atoms with Gasteiger partial charge < -0.3 is 9.84 Å². The first-order valence-corrected chi connectivity index (χ1v) is 7.32. The molecule has 0 aromatic heterocycles. The van der Waals surface area contributed by atoms with Gasteiger partial charge in [-0.3, -0.25) is 4.90 Å². The maximum atomic E-state index is 9.32. The van der Waals surface area contributed by atoms with Gasteiger partial charge >= 0.3 is 0 Å². The van der Waals surface area contributed by atoms with Crippen LogP contribution in [0.2, 0.25) is 0 Å².